The topological polar surface area (TPSA) is 81.1 Å². The highest BCUT2D eigenvalue weighted by molar-refractivity contribution is 7.91. The molecule has 1 aromatic rings. The third-order valence-electron chi connectivity index (χ3n) is 2.66. The van der Waals surface area contributed by atoms with E-state index in [1.807, 2.05) is 0 Å². The molecule has 1 saturated carbocycles. The van der Waals surface area contributed by atoms with Crippen LogP contribution in [0.3, 0.4) is 0 Å². The summed E-state index contributed by atoms with van der Waals surface area (Å²) in [6, 6.07) is 0. The van der Waals surface area contributed by atoms with E-state index < -0.39 is 21.5 Å². The van der Waals surface area contributed by atoms with Gasteiger partial charge in [0, 0.05) is 26.0 Å². The molecular formula is C10H15N3O3S. The minimum absolute atomic E-state index is 0.0703. The Morgan fingerprint density at radius 3 is 2.82 bits per heavy atom. The lowest BCUT2D eigenvalue weighted by atomic mass is 10.4. The molecule has 0 radical (unpaired) electrons. The predicted molar refractivity (Wildman–Crippen MR) is 61.0 cm³/mol. The Bertz CT molecular complexity index is 517. The number of carbonyl (C=O) groups excluding carboxylic acids is 1. The molecule has 6 nitrogen and oxygen atoms in total. The zero-order valence-electron chi connectivity index (χ0n) is 9.59. The average Bonchev–Trinajstić information content (AvgIpc) is 2.96. The molecule has 17 heavy (non-hydrogen) atoms. The summed E-state index contributed by atoms with van der Waals surface area (Å²) in [4.78, 5) is 15.2. The van der Waals surface area contributed by atoms with E-state index in [-0.39, 0.29) is 5.16 Å². The first-order valence-corrected chi connectivity index (χ1v) is 7.11. The van der Waals surface area contributed by atoms with Gasteiger partial charge in [-0.25, -0.2) is 13.4 Å². The van der Waals surface area contributed by atoms with Crippen molar-refractivity contribution < 1.29 is 13.2 Å². The number of nitrogens with zero attached hydrogens (tertiary/aromatic N) is 2. The smallest absolute Gasteiger partial charge is 0.235 e. The molecule has 0 spiro atoms. The number of carbonyl (C=O) groups is 1. The Morgan fingerprint density at radius 1 is 1.59 bits per heavy atom. The molecule has 2 rings (SSSR count). The molecule has 0 atom stereocenters. The zero-order valence-corrected chi connectivity index (χ0v) is 10.4. The van der Waals surface area contributed by atoms with Gasteiger partial charge in [-0.15, -0.1) is 0 Å². The molecule has 0 aliphatic heterocycles. The first-order chi connectivity index (χ1) is 7.99. The lowest BCUT2D eigenvalue weighted by Crippen LogP contribution is -2.32. The second-order valence-electron chi connectivity index (χ2n) is 4.33. The maximum Gasteiger partial charge on any atom is 0.235 e. The Morgan fingerprint density at radius 2 is 2.29 bits per heavy atom. The number of aryl methyl sites for hydroxylation is 1. The first kappa shape index (κ1) is 12.1. The second kappa shape index (κ2) is 4.48. The fourth-order valence-corrected chi connectivity index (χ4v) is 2.82. The summed E-state index contributed by atoms with van der Waals surface area (Å²) in [6.07, 6.45) is 5.17. The molecule has 1 aliphatic rings. The second-order valence-corrected chi connectivity index (χ2v) is 6.21. The van der Waals surface area contributed by atoms with Gasteiger partial charge in [0.05, 0.1) is 0 Å². The molecule has 1 heterocycles. The Hall–Kier alpha value is -1.37. The molecule has 1 aliphatic carbocycles. The van der Waals surface area contributed by atoms with E-state index >= 15 is 0 Å². The van der Waals surface area contributed by atoms with Crippen molar-refractivity contribution in [2.24, 2.45) is 13.0 Å². The van der Waals surface area contributed by atoms with Crippen molar-refractivity contribution in [1.82, 2.24) is 14.9 Å². The van der Waals surface area contributed by atoms with Crippen LogP contribution in [0.2, 0.25) is 0 Å². The maximum atomic E-state index is 11.8. The van der Waals surface area contributed by atoms with Crippen molar-refractivity contribution >= 4 is 15.7 Å². The Balaban J connectivity index is 1.96. The Labute approximate surface area is 100.0 Å². The summed E-state index contributed by atoms with van der Waals surface area (Å²) < 4.78 is 25.1. The van der Waals surface area contributed by atoms with E-state index in [9.17, 15) is 13.2 Å². The number of amides is 1. The third-order valence-corrected chi connectivity index (χ3v) is 4.25. The van der Waals surface area contributed by atoms with Crippen LogP contribution in [0.4, 0.5) is 0 Å². The van der Waals surface area contributed by atoms with Gasteiger partial charge in [-0.1, -0.05) is 0 Å². The number of nitrogens with one attached hydrogen (secondary N) is 1. The van der Waals surface area contributed by atoms with Crippen LogP contribution in [0.15, 0.2) is 17.6 Å². The van der Waals surface area contributed by atoms with Crippen molar-refractivity contribution in [1.29, 1.82) is 0 Å². The number of rotatable bonds is 5. The molecule has 0 saturated heterocycles. The van der Waals surface area contributed by atoms with E-state index in [0.29, 0.717) is 12.5 Å². The lowest BCUT2D eigenvalue weighted by Gasteiger charge is -2.05. The normalized spacial score (nSPS) is 15.8. The van der Waals surface area contributed by atoms with Gasteiger partial charge in [-0.05, 0) is 18.8 Å². The standard InChI is InChI=1S/C10H15N3O3S/c1-13-5-4-11-10(13)17(15,16)7-9(14)12-6-8-2-3-8/h4-5,8H,2-3,6-7H2,1H3,(H,12,14). The average molecular weight is 257 g/mol. The molecule has 1 fully saturated rings. The van der Waals surface area contributed by atoms with E-state index in [0.717, 1.165) is 12.8 Å². The molecule has 1 amide bonds. The minimum Gasteiger partial charge on any atom is -0.355 e. The van der Waals surface area contributed by atoms with Crippen molar-refractivity contribution in [3.8, 4) is 0 Å². The van der Waals surface area contributed by atoms with Gasteiger partial charge in [0.25, 0.3) is 0 Å². The summed E-state index contributed by atoms with van der Waals surface area (Å²) in [5.74, 6) is -0.459. The first-order valence-electron chi connectivity index (χ1n) is 5.46. The van der Waals surface area contributed by atoms with Gasteiger partial charge in [0.2, 0.25) is 20.9 Å². The van der Waals surface area contributed by atoms with Crippen molar-refractivity contribution in [3.05, 3.63) is 12.4 Å². The number of aromatic nitrogens is 2. The van der Waals surface area contributed by atoms with Crippen LogP contribution in [0, 0.1) is 5.92 Å². The van der Waals surface area contributed by atoms with Crippen molar-refractivity contribution in [3.63, 3.8) is 0 Å². The fraction of sp³-hybridized carbons (Fsp3) is 0.600. The molecule has 1 aromatic heterocycles. The van der Waals surface area contributed by atoms with Crippen LogP contribution in [0.25, 0.3) is 0 Å². The fourth-order valence-electron chi connectivity index (χ4n) is 1.52. The summed E-state index contributed by atoms with van der Waals surface area (Å²) in [5, 5.41) is 2.56. The van der Waals surface area contributed by atoms with Gasteiger partial charge in [0.15, 0.2) is 0 Å². The van der Waals surface area contributed by atoms with Crippen LogP contribution in [-0.4, -0.2) is 36.2 Å². The van der Waals surface area contributed by atoms with Gasteiger partial charge in [-0.3, -0.25) is 4.79 Å². The largest absolute Gasteiger partial charge is 0.355 e. The minimum atomic E-state index is -3.63. The highest BCUT2D eigenvalue weighted by Gasteiger charge is 2.25. The molecule has 0 bridgehead atoms. The highest BCUT2D eigenvalue weighted by Crippen LogP contribution is 2.27. The molecule has 7 heteroatoms. The predicted octanol–water partition coefficient (Wildman–Crippen LogP) is -0.280. The number of hydrogen-bond donors (Lipinski definition) is 1. The molecule has 94 valence electrons. The van der Waals surface area contributed by atoms with Crippen LogP contribution >= 0.6 is 0 Å². The van der Waals surface area contributed by atoms with Crippen LogP contribution in [0.1, 0.15) is 12.8 Å². The Kier molecular flexibility index (Phi) is 3.19. The van der Waals surface area contributed by atoms with E-state index in [1.165, 1.54) is 17.0 Å². The monoisotopic (exact) mass is 257 g/mol. The van der Waals surface area contributed by atoms with E-state index in [1.54, 1.807) is 7.05 Å². The molecular weight excluding hydrogens is 242 g/mol. The SMILES string of the molecule is Cn1ccnc1S(=O)(=O)CC(=O)NCC1CC1. The third kappa shape index (κ3) is 3.06. The van der Waals surface area contributed by atoms with E-state index in [2.05, 4.69) is 10.3 Å². The van der Waals surface area contributed by atoms with Crippen LogP contribution in [0.5, 0.6) is 0 Å². The number of hydrogen-bond acceptors (Lipinski definition) is 4. The molecule has 1 N–H and O–H groups in total. The number of imidazole rings is 1. The quantitative estimate of drug-likeness (QED) is 0.786. The maximum absolute atomic E-state index is 11.8. The summed E-state index contributed by atoms with van der Waals surface area (Å²) in [5.41, 5.74) is 0. The van der Waals surface area contributed by atoms with Gasteiger partial charge in [-0.2, -0.15) is 0 Å². The molecule has 0 aromatic carbocycles. The van der Waals surface area contributed by atoms with Crippen molar-refractivity contribution in [2.45, 2.75) is 18.0 Å². The van der Waals surface area contributed by atoms with Gasteiger partial charge >= 0.3 is 0 Å². The number of sulfone groups is 1. The zero-order chi connectivity index (χ0) is 12.5. The van der Waals surface area contributed by atoms with Crippen LogP contribution in [-0.2, 0) is 21.7 Å². The summed E-state index contributed by atoms with van der Waals surface area (Å²) in [7, 11) is -2.05. The van der Waals surface area contributed by atoms with Crippen molar-refractivity contribution in [2.75, 3.05) is 12.3 Å². The van der Waals surface area contributed by atoms with Crippen LogP contribution < -0.4 is 5.32 Å². The summed E-state index contributed by atoms with van der Waals surface area (Å²) in [6.45, 7) is 0.578. The van der Waals surface area contributed by atoms with Gasteiger partial charge in [0.1, 0.15) is 5.75 Å². The highest BCUT2D eigenvalue weighted by atomic mass is 32.2. The molecule has 0 unspecified atom stereocenters. The lowest BCUT2D eigenvalue weighted by molar-refractivity contribution is -0.118. The van der Waals surface area contributed by atoms with E-state index in [4.69, 9.17) is 0 Å². The van der Waals surface area contributed by atoms with Gasteiger partial charge < -0.3 is 9.88 Å². The summed E-state index contributed by atoms with van der Waals surface area (Å²) >= 11 is 0.